The second kappa shape index (κ2) is 14.8. The van der Waals surface area contributed by atoms with Crippen LogP contribution < -0.4 is 5.56 Å². The van der Waals surface area contributed by atoms with Gasteiger partial charge in [0.15, 0.2) is 5.60 Å². The highest BCUT2D eigenvalue weighted by Crippen LogP contribution is 2.40. The molecule has 54 heavy (non-hydrogen) atoms. The van der Waals surface area contributed by atoms with E-state index in [0.29, 0.717) is 55.6 Å². The van der Waals surface area contributed by atoms with Gasteiger partial charge in [0, 0.05) is 42.1 Å². The molecule has 1 N–H and O–H groups in total. The number of para-hydroxylation sites is 1. The number of rotatable bonds is 10. The molecule has 5 heterocycles. The second-order valence-corrected chi connectivity index (χ2v) is 15.5. The number of carbonyl (C=O) groups excluding carboxylic acids is 5. The van der Waals surface area contributed by atoms with Crippen LogP contribution in [0, 0.1) is 11.8 Å². The summed E-state index contributed by atoms with van der Waals surface area (Å²) in [5.74, 6) is -1.97. The normalized spacial score (nSPS) is 23.3. The van der Waals surface area contributed by atoms with Crippen molar-refractivity contribution in [1.82, 2.24) is 19.4 Å². The molecule has 286 valence electrons. The lowest BCUT2D eigenvalue weighted by Crippen LogP contribution is -2.44. The number of carbonyl (C=O) groups is 5. The molecule has 15 heteroatoms. The van der Waals surface area contributed by atoms with Gasteiger partial charge in [0.2, 0.25) is 18.6 Å². The number of thiol groups is 1. The summed E-state index contributed by atoms with van der Waals surface area (Å²) in [7, 11) is 0. The molecule has 2 atom stereocenters. The number of cyclic esters (lactones) is 1. The number of hydrogen-bond donors (Lipinski definition) is 2. The topological polar surface area (TPSA) is 175 Å². The summed E-state index contributed by atoms with van der Waals surface area (Å²) in [5, 5.41) is 11.6. The first kappa shape index (κ1) is 37.6. The van der Waals surface area contributed by atoms with Crippen LogP contribution in [-0.2, 0) is 58.6 Å². The molecule has 3 aromatic rings. The second-order valence-electron chi connectivity index (χ2n) is 14.8. The molecule has 3 amide bonds. The van der Waals surface area contributed by atoms with Crippen molar-refractivity contribution < 1.29 is 43.3 Å². The van der Waals surface area contributed by atoms with Crippen molar-refractivity contribution in [3.63, 3.8) is 0 Å². The summed E-state index contributed by atoms with van der Waals surface area (Å²) in [6.07, 6.45) is 2.33. The van der Waals surface area contributed by atoms with E-state index in [0.717, 1.165) is 16.5 Å². The first-order valence-electron chi connectivity index (χ1n) is 18.5. The minimum Gasteiger partial charge on any atom is -0.458 e. The number of pyridine rings is 2. The molecule has 0 spiro atoms. The third-order valence-electron chi connectivity index (χ3n) is 11.4. The van der Waals surface area contributed by atoms with Crippen molar-refractivity contribution in [3.8, 4) is 11.4 Å². The monoisotopic (exact) mass is 760 g/mol. The number of likely N-dealkylation sites (tertiary alicyclic amines) is 1. The van der Waals surface area contributed by atoms with Crippen LogP contribution in [0.4, 0.5) is 4.79 Å². The Bertz CT molecular complexity index is 2110. The zero-order valence-corrected chi connectivity index (χ0v) is 31.4. The zero-order valence-electron chi connectivity index (χ0n) is 30.5. The van der Waals surface area contributed by atoms with Crippen LogP contribution in [0.25, 0.3) is 22.3 Å². The third-order valence-corrected chi connectivity index (χ3v) is 11.8. The number of esters is 2. The van der Waals surface area contributed by atoms with Gasteiger partial charge in [-0.15, -0.1) is 0 Å². The largest absolute Gasteiger partial charge is 0.458 e. The predicted molar refractivity (Wildman–Crippen MR) is 197 cm³/mol. The molecule has 0 bridgehead atoms. The number of ether oxygens (including phenoxy) is 3. The van der Waals surface area contributed by atoms with Crippen LogP contribution in [-0.4, -0.2) is 85.5 Å². The Balaban J connectivity index is 1.01. The number of hydrogen-bond acceptors (Lipinski definition) is 12. The van der Waals surface area contributed by atoms with E-state index < -0.39 is 35.7 Å². The number of imide groups is 1. The molecule has 1 unspecified atom stereocenters. The van der Waals surface area contributed by atoms with Crippen LogP contribution in [0.5, 0.6) is 0 Å². The number of fused-ring (bicyclic) bond motifs is 5. The fourth-order valence-corrected chi connectivity index (χ4v) is 8.52. The lowest BCUT2D eigenvalue weighted by Gasteiger charge is -2.31. The van der Waals surface area contributed by atoms with Crippen LogP contribution in [0.3, 0.4) is 0 Å². The van der Waals surface area contributed by atoms with Gasteiger partial charge >= 0.3 is 18.0 Å². The van der Waals surface area contributed by atoms with E-state index in [1.54, 1.807) is 22.5 Å². The van der Waals surface area contributed by atoms with E-state index >= 15 is 0 Å². The van der Waals surface area contributed by atoms with Crippen LogP contribution in [0.1, 0.15) is 81.5 Å². The molecule has 0 radical (unpaired) electrons. The van der Waals surface area contributed by atoms with E-state index in [1.165, 1.54) is 4.90 Å². The average Bonchev–Trinajstić information content (AvgIpc) is 3.64. The Labute approximate surface area is 317 Å². The summed E-state index contributed by atoms with van der Waals surface area (Å²) in [4.78, 5) is 84.8. The van der Waals surface area contributed by atoms with Gasteiger partial charge in [0.1, 0.15) is 6.61 Å². The molecule has 3 aliphatic heterocycles. The summed E-state index contributed by atoms with van der Waals surface area (Å²) in [6.45, 7) is 5.43. The Hall–Kier alpha value is -4.76. The zero-order chi connectivity index (χ0) is 38.5. The maximum absolute atomic E-state index is 13.8. The van der Waals surface area contributed by atoms with Gasteiger partial charge in [-0.25, -0.2) is 14.6 Å². The lowest BCUT2D eigenvalue weighted by molar-refractivity contribution is -0.172. The van der Waals surface area contributed by atoms with Gasteiger partial charge < -0.3 is 28.8 Å². The molecule has 1 saturated carbocycles. The minimum atomic E-state index is -1.94. The fraction of sp³-hybridized carbons (Fsp3) is 0.513. The van der Waals surface area contributed by atoms with Crippen molar-refractivity contribution >= 4 is 53.4 Å². The van der Waals surface area contributed by atoms with Crippen LogP contribution in [0.15, 0.2) is 35.1 Å². The predicted octanol–water partition coefficient (Wildman–Crippen LogP) is 3.83. The molecule has 2 fully saturated rings. The van der Waals surface area contributed by atoms with Gasteiger partial charge in [0.05, 0.1) is 40.2 Å². The van der Waals surface area contributed by atoms with Crippen LogP contribution >= 0.6 is 12.6 Å². The first-order chi connectivity index (χ1) is 25.8. The van der Waals surface area contributed by atoms with Crippen LogP contribution in [0.2, 0.25) is 0 Å². The third kappa shape index (κ3) is 6.65. The highest BCUT2D eigenvalue weighted by atomic mass is 32.1. The van der Waals surface area contributed by atoms with Gasteiger partial charge in [-0.3, -0.25) is 24.1 Å². The molecule has 7 rings (SSSR count). The molecule has 1 saturated heterocycles. The van der Waals surface area contributed by atoms with E-state index in [-0.39, 0.29) is 78.9 Å². The summed E-state index contributed by atoms with van der Waals surface area (Å²) in [5.41, 5.74) is 1.67. The number of nitrogens with zero attached hydrogens (tertiary/aromatic N) is 4. The Morgan fingerprint density at radius 1 is 1.09 bits per heavy atom. The van der Waals surface area contributed by atoms with Gasteiger partial charge in [0.25, 0.3) is 5.56 Å². The van der Waals surface area contributed by atoms with Crippen molar-refractivity contribution in [2.24, 2.45) is 11.8 Å². The highest BCUT2D eigenvalue weighted by molar-refractivity contribution is 7.81. The maximum Gasteiger partial charge on any atom is 0.412 e. The molecule has 4 aliphatic rings. The number of amides is 3. The molecule has 2 aromatic heterocycles. The van der Waals surface area contributed by atoms with Crippen molar-refractivity contribution in [2.45, 2.75) is 95.8 Å². The van der Waals surface area contributed by atoms with Gasteiger partial charge in [-0.2, -0.15) is 12.6 Å². The molecular weight excluding hydrogens is 717 g/mol. The van der Waals surface area contributed by atoms with Gasteiger partial charge in [-0.1, -0.05) is 25.1 Å². The standard InChI is InChI=1S/C39H44N4O10S/c1-4-39(50)28-15-30-33-26(18-42(30)34(45)27(28)19-51-37(39)48)24(25-7-5-6-8-29(25)40-33)13-14-41(21(2)3)38(49)53-20-52-36(47)23-11-9-22(10-12-23)17-43-32(44)16-31(54)35(43)46/h5-8,15,21-23,31,50,54H,4,9-14,16-20H2,1-3H3/t22?,23?,31?,39-/m0/s1. The molecule has 1 aliphatic carbocycles. The van der Waals surface area contributed by atoms with E-state index in [1.807, 2.05) is 38.1 Å². The number of benzene rings is 1. The number of aromatic nitrogens is 2. The average molecular weight is 761 g/mol. The summed E-state index contributed by atoms with van der Waals surface area (Å²) < 4.78 is 17.6. The Morgan fingerprint density at radius 2 is 1.83 bits per heavy atom. The summed E-state index contributed by atoms with van der Waals surface area (Å²) >= 11 is 4.18. The number of aliphatic hydroxyl groups is 1. The minimum absolute atomic E-state index is 0.0386. The summed E-state index contributed by atoms with van der Waals surface area (Å²) in [6, 6.07) is 9.02. The highest BCUT2D eigenvalue weighted by Gasteiger charge is 2.46. The first-order valence-corrected chi connectivity index (χ1v) is 19.0. The van der Waals surface area contributed by atoms with Crippen molar-refractivity contribution in [3.05, 3.63) is 62.9 Å². The molecule has 14 nitrogen and oxygen atoms in total. The molecule has 1 aromatic carbocycles. The van der Waals surface area contributed by atoms with E-state index in [4.69, 9.17) is 19.2 Å². The van der Waals surface area contributed by atoms with Crippen molar-refractivity contribution in [2.75, 3.05) is 19.9 Å². The van der Waals surface area contributed by atoms with E-state index in [9.17, 15) is 33.9 Å². The Morgan fingerprint density at radius 3 is 2.52 bits per heavy atom. The lowest BCUT2D eigenvalue weighted by atomic mass is 9.82. The van der Waals surface area contributed by atoms with E-state index in [2.05, 4.69) is 12.6 Å². The maximum atomic E-state index is 13.8. The molecular formula is C39H44N4O10S. The Kier molecular flexibility index (Phi) is 10.3. The quantitative estimate of drug-likeness (QED) is 0.104. The smallest absolute Gasteiger partial charge is 0.412 e. The van der Waals surface area contributed by atoms with Gasteiger partial charge in [-0.05, 0) is 76.0 Å². The fourth-order valence-electron chi connectivity index (χ4n) is 8.23. The van der Waals surface area contributed by atoms with Crippen molar-refractivity contribution in [1.29, 1.82) is 0 Å². The SMILES string of the molecule is CC[C@@]1(O)C(=O)OCc2c1cc1n(c2=O)Cc2c-1nc1ccccc1c2CCN(C(=O)OCOC(=O)C1CCC(CN2C(=O)CC(S)C2=O)CC1)C(C)C.